The topological polar surface area (TPSA) is 482 Å². The molecule has 0 amide bonds. The van der Waals surface area contributed by atoms with Crippen LogP contribution in [-0.2, 0) is 84.2 Å². The molecule has 0 aromatic heterocycles. The number of methoxy groups -OCH3 is 3. The van der Waals surface area contributed by atoms with Crippen LogP contribution in [0.5, 0.6) is 34.5 Å². The highest BCUT2D eigenvalue weighted by Gasteiger charge is 2.53. The van der Waals surface area contributed by atoms with Gasteiger partial charge in [0.05, 0.1) is 140 Å². The summed E-state index contributed by atoms with van der Waals surface area (Å²) in [4.78, 5) is 81.0. The second-order valence-electron chi connectivity index (χ2n) is 28.2. The summed E-state index contributed by atoms with van der Waals surface area (Å²) in [6.07, 6.45) is -11.8. The first-order valence-corrected chi connectivity index (χ1v) is 38.5. The lowest BCUT2D eigenvalue weighted by Crippen LogP contribution is -2.57. The number of nitrogens with zero attached hydrogens (tertiary/aromatic N) is 1. The van der Waals surface area contributed by atoms with Crippen LogP contribution >= 0.6 is 0 Å². The Balaban J connectivity index is 0.000000221. The maximum atomic E-state index is 13.9. The predicted octanol–water partition coefficient (Wildman–Crippen LogP) is 4.65. The standard InChI is InChI=1S/C39H42N2O14S.C39H45NO15S/c1-19-8-10-23(11-9-19)56(49,50)53-13-12-52-18-22(17-40)41-26-14-29(54-20(2)34(26)43)55-28-16-39(48,21(3)42)15-25-31(28)38(47)33-32(36(25)45)35(44)24-6-5-7-27(51-4)30(24)37(33)46;1-19-9-11-22(12-10-19)56(48,49)53-14-13-52-18-28(51-5)40-25-15-29(54-20(2)34(25)42)55-27-17-39(47,21(3)41)16-24-31(27)38(46)33-32(36(24)44)35(43)23-7-6-8-26(50-4)30(23)37(33)45/h5-11,20,22,26,28-29,34,41,43,45,47-48H,12-16,18H2,1-4H3;6-12,20,25,27-29,34,40,42,44,46-47H,13-18H2,1-5H3/t20-,22?,26?,28-,29-,34?,39-;20-,25?,27-,28?,29-,34?,39-/m00/s1. The number of hydrogen-bond acceptors (Lipinski definition) is 32. The van der Waals surface area contributed by atoms with Crippen molar-refractivity contribution in [1.82, 2.24) is 10.6 Å². The van der Waals surface area contributed by atoms with Gasteiger partial charge in [-0.05, 0) is 77.9 Å². The van der Waals surface area contributed by atoms with Crippen molar-refractivity contribution < 1.29 is 137 Å². The Morgan fingerprint density at radius 3 is 1.31 bits per heavy atom. The number of hydrogen-bond donors (Lipinski definition) is 10. The zero-order valence-corrected chi connectivity index (χ0v) is 64.0. The molecule has 2 fully saturated rings. The number of ketones is 6. The van der Waals surface area contributed by atoms with Gasteiger partial charge >= 0.3 is 0 Å². The van der Waals surface area contributed by atoms with E-state index in [1.54, 1.807) is 38.1 Å². The summed E-state index contributed by atoms with van der Waals surface area (Å²) >= 11 is 0. The van der Waals surface area contributed by atoms with Crippen molar-refractivity contribution in [3.8, 4) is 40.6 Å². The lowest BCUT2D eigenvalue weighted by molar-refractivity contribution is -0.252. The van der Waals surface area contributed by atoms with Crippen molar-refractivity contribution in [2.45, 2.75) is 175 Å². The van der Waals surface area contributed by atoms with Crippen molar-refractivity contribution in [1.29, 1.82) is 5.26 Å². The van der Waals surface area contributed by atoms with Crippen molar-refractivity contribution in [2.75, 3.05) is 61.0 Å². The van der Waals surface area contributed by atoms with Gasteiger partial charge in [-0.15, -0.1) is 0 Å². The molecule has 2 aliphatic heterocycles. The quantitative estimate of drug-likeness (QED) is 0.0145. The number of aliphatic hydroxyl groups excluding tert-OH is 2. The van der Waals surface area contributed by atoms with Crippen LogP contribution in [0.25, 0.3) is 0 Å². The molecule has 2 heterocycles. The van der Waals surface area contributed by atoms with E-state index in [0.717, 1.165) is 25.0 Å². The van der Waals surface area contributed by atoms with E-state index in [-0.39, 0.29) is 118 Å². The number of phenols is 4. The number of fused-ring (bicyclic) bond motifs is 6. The molecular formula is C78H87N3O29S2. The number of ether oxygens (including phenoxy) is 9. The number of carbonyl (C=O) groups excluding carboxylic acids is 6. The summed E-state index contributed by atoms with van der Waals surface area (Å²) in [5.41, 5.74) is -5.24. The van der Waals surface area contributed by atoms with Gasteiger partial charge in [-0.2, -0.15) is 22.1 Å². The Morgan fingerprint density at radius 1 is 0.554 bits per heavy atom. The fourth-order valence-corrected chi connectivity index (χ4v) is 16.5. The van der Waals surface area contributed by atoms with Crippen molar-refractivity contribution in [2.24, 2.45) is 0 Å². The molecule has 2 saturated heterocycles. The number of rotatable bonds is 27. The molecule has 0 saturated carbocycles. The maximum absolute atomic E-state index is 13.9. The number of nitriles is 1. The highest BCUT2D eigenvalue weighted by atomic mass is 32.2. The summed E-state index contributed by atoms with van der Waals surface area (Å²) in [5, 5.41) is 108. The number of nitrogens with one attached hydrogen (secondary N) is 2. The fourth-order valence-electron chi connectivity index (χ4n) is 14.7. The smallest absolute Gasteiger partial charge is 0.297 e. The van der Waals surface area contributed by atoms with Crippen LogP contribution in [0.15, 0.2) is 94.7 Å². The summed E-state index contributed by atoms with van der Waals surface area (Å²) in [6, 6.07) is 20.5. The molecule has 0 bridgehead atoms. The molecule has 6 unspecified atom stereocenters. The molecule has 6 aromatic rings. The molecule has 6 aromatic carbocycles. The minimum Gasteiger partial charge on any atom is -0.507 e. The van der Waals surface area contributed by atoms with Crippen LogP contribution in [-0.4, -0.2) is 226 Å². The minimum atomic E-state index is -4.02. The van der Waals surface area contributed by atoms with Crippen LogP contribution in [0.4, 0.5) is 0 Å². The zero-order valence-electron chi connectivity index (χ0n) is 62.4. The van der Waals surface area contributed by atoms with Crippen LogP contribution in [0, 0.1) is 25.2 Å². The minimum absolute atomic E-state index is 0.0110. The normalized spacial score (nSPS) is 25.1. The molecular weight excluding hydrogens is 1510 g/mol. The van der Waals surface area contributed by atoms with E-state index in [2.05, 4.69) is 10.6 Å². The molecule has 600 valence electrons. The Hall–Kier alpha value is -9.07. The summed E-state index contributed by atoms with van der Waals surface area (Å²) in [5.74, 6) is -7.04. The van der Waals surface area contributed by atoms with Crippen molar-refractivity contribution >= 4 is 54.9 Å². The summed E-state index contributed by atoms with van der Waals surface area (Å²) in [6.45, 7) is 7.96. The van der Waals surface area contributed by atoms with E-state index in [1.807, 2.05) is 19.9 Å². The van der Waals surface area contributed by atoms with Gasteiger partial charge in [-0.25, -0.2) is 0 Å². The predicted molar refractivity (Wildman–Crippen MR) is 389 cm³/mol. The van der Waals surface area contributed by atoms with Crippen LogP contribution in [0.3, 0.4) is 0 Å². The van der Waals surface area contributed by atoms with Gasteiger partial charge in [0, 0.05) is 91.1 Å². The van der Waals surface area contributed by atoms with Crippen LogP contribution in [0.2, 0.25) is 0 Å². The Kier molecular flexibility index (Phi) is 25.4. The van der Waals surface area contributed by atoms with Crippen molar-refractivity contribution in [3.05, 3.63) is 163 Å². The third kappa shape index (κ3) is 16.8. The molecule has 112 heavy (non-hydrogen) atoms. The van der Waals surface area contributed by atoms with Gasteiger partial charge in [0.2, 0.25) is 11.6 Å². The number of aryl methyl sites for hydroxylation is 2. The number of Topliss-reactive ketones (excluding diaryl/α,β-unsaturated/α-hetero) is 2. The first-order valence-electron chi connectivity index (χ1n) is 35.7. The number of phenolic OH excluding ortho intramolecular Hbond substituents is 4. The van der Waals surface area contributed by atoms with Gasteiger partial charge in [0.1, 0.15) is 58.0 Å². The van der Waals surface area contributed by atoms with E-state index in [0.29, 0.717) is 0 Å². The number of benzene rings is 6. The van der Waals surface area contributed by atoms with Gasteiger partial charge in [0.25, 0.3) is 20.2 Å². The molecule has 0 spiro atoms. The van der Waals surface area contributed by atoms with E-state index in [4.69, 9.17) is 51.0 Å². The SMILES string of the molecule is COc1cccc2c1C(=O)c1c(O)c3c(c(O)c1C2=O)C[C@@](O)(C(C)=O)C[C@@H]3O[C@H]1CC(NC(C#N)COCCOS(=O)(=O)c2ccc(C)cc2)C(O)[C@H](C)O1.COc1cccc2c1C(=O)c1c(O)c3c(c(O)c1C2=O)C[C@@](O)(C(C)=O)C[C@@H]3O[C@H]1CC(NC(COCCOS(=O)(=O)c2ccc(C)cc2)OC)C(O)[C@H](C)O1. The number of aliphatic hydroxyl groups is 4. The van der Waals surface area contributed by atoms with E-state index >= 15 is 0 Å². The summed E-state index contributed by atoms with van der Waals surface area (Å²) < 4.78 is 112. The van der Waals surface area contributed by atoms with Crippen molar-refractivity contribution in [3.63, 3.8) is 0 Å². The lowest BCUT2D eigenvalue weighted by atomic mass is 9.72. The molecule has 32 nitrogen and oxygen atoms in total. The molecule has 4 aliphatic carbocycles. The van der Waals surface area contributed by atoms with Crippen LogP contribution in [0.1, 0.15) is 163 Å². The highest BCUT2D eigenvalue weighted by Crippen LogP contribution is 2.55. The average molecular weight is 1590 g/mol. The van der Waals surface area contributed by atoms with E-state index in [9.17, 15) is 91.7 Å². The molecule has 0 radical (unpaired) electrons. The van der Waals surface area contributed by atoms with Gasteiger partial charge in [-0.3, -0.25) is 47.8 Å². The molecule has 14 atom stereocenters. The monoisotopic (exact) mass is 1590 g/mol. The average Bonchev–Trinajstić information content (AvgIpc) is 0.715. The lowest BCUT2D eigenvalue weighted by Gasteiger charge is -2.43. The van der Waals surface area contributed by atoms with Gasteiger partial charge in [-0.1, -0.05) is 59.7 Å². The largest absolute Gasteiger partial charge is 0.507 e. The molecule has 6 aliphatic rings. The molecule has 34 heteroatoms. The highest BCUT2D eigenvalue weighted by molar-refractivity contribution is 7.87. The Morgan fingerprint density at radius 2 is 0.938 bits per heavy atom. The van der Waals surface area contributed by atoms with Gasteiger partial charge < -0.3 is 83.5 Å². The second-order valence-corrected chi connectivity index (χ2v) is 31.5. The fraction of sp³-hybridized carbons (Fsp3) is 0.449. The van der Waals surface area contributed by atoms with Gasteiger partial charge in [0.15, 0.2) is 35.7 Å². The third-order valence-electron chi connectivity index (χ3n) is 20.9. The maximum Gasteiger partial charge on any atom is 0.297 e. The Bertz CT molecular complexity index is 4930. The van der Waals surface area contributed by atoms with E-state index in [1.165, 1.54) is 82.0 Å². The van der Waals surface area contributed by atoms with E-state index < -0.39 is 211 Å². The number of carbonyl (C=O) groups is 6. The molecule has 10 N–H and O–H groups in total. The third-order valence-corrected chi connectivity index (χ3v) is 23.5. The first-order chi connectivity index (χ1) is 53.0. The first kappa shape index (κ1) is 83.9. The molecule has 12 rings (SSSR count). The summed E-state index contributed by atoms with van der Waals surface area (Å²) in [7, 11) is -3.97. The number of aromatic hydroxyl groups is 4. The second kappa shape index (κ2) is 33.9. The Labute approximate surface area is 644 Å². The van der Waals surface area contributed by atoms with Crippen LogP contribution < -0.4 is 20.1 Å². The zero-order chi connectivity index (χ0) is 81.4.